The molecule has 0 unspecified atom stereocenters. The highest BCUT2D eigenvalue weighted by molar-refractivity contribution is 6.06. The fraction of sp³-hybridized carbons (Fsp3) is 0.0714. The van der Waals surface area contributed by atoms with Crippen molar-refractivity contribution in [2.24, 2.45) is 0 Å². The number of H-pyrrole nitrogens is 2. The van der Waals surface area contributed by atoms with Gasteiger partial charge in [-0.15, -0.1) is 0 Å². The molecule has 0 aliphatic rings. The molecule has 0 saturated carbocycles. The van der Waals surface area contributed by atoms with Crippen molar-refractivity contribution >= 4 is 11.9 Å². The van der Waals surface area contributed by atoms with Gasteiger partial charge in [0.1, 0.15) is 0 Å². The third-order valence-electron chi connectivity index (χ3n) is 2.56. The van der Waals surface area contributed by atoms with Gasteiger partial charge in [0.05, 0.1) is 5.56 Å². The predicted molar refractivity (Wildman–Crippen MR) is 72.2 cm³/mol. The van der Waals surface area contributed by atoms with Crippen molar-refractivity contribution < 1.29 is 4.79 Å². The number of aryl methyl sites for hydroxylation is 1. The molecule has 1 aromatic carbocycles. The standard InChI is InChI=1S/C14H12N2O3/c1-9-3-2-4-10(7-9)12(17)6-5-11-8-15-14(19)16-13(11)18/h2-8H,1H3,(H2,15,16,18,19)/b6-5+. The lowest BCUT2D eigenvalue weighted by molar-refractivity contribution is 0.104. The topological polar surface area (TPSA) is 82.8 Å². The third kappa shape index (κ3) is 3.16. The second kappa shape index (κ2) is 5.30. The Bertz CT molecular complexity index is 754. The highest BCUT2D eigenvalue weighted by atomic mass is 16.2. The zero-order chi connectivity index (χ0) is 13.8. The Morgan fingerprint density at radius 2 is 2.05 bits per heavy atom. The average molecular weight is 256 g/mol. The molecule has 0 fully saturated rings. The number of benzene rings is 1. The maximum Gasteiger partial charge on any atom is 0.325 e. The molecule has 5 heteroatoms. The van der Waals surface area contributed by atoms with E-state index in [1.165, 1.54) is 18.3 Å². The maximum atomic E-state index is 11.9. The molecule has 0 aliphatic carbocycles. The zero-order valence-corrected chi connectivity index (χ0v) is 10.3. The molecule has 0 atom stereocenters. The van der Waals surface area contributed by atoms with Crippen molar-refractivity contribution in [2.75, 3.05) is 0 Å². The molecule has 0 spiro atoms. The van der Waals surface area contributed by atoms with Gasteiger partial charge in [0.25, 0.3) is 5.56 Å². The van der Waals surface area contributed by atoms with E-state index in [1.807, 2.05) is 13.0 Å². The Labute approximate surface area is 108 Å². The number of hydrogen-bond acceptors (Lipinski definition) is 3. The average Bonchev–Trinajstić information content (AvgIpc) is 2.37. The summed E-state index contributed by atoms with van der Waals surface area (Å²) >= 11 is 0. The van der Waals surface area contributed by atoms with E-state index in [0.29, 0.717) is 5.56 Å². The second-order valence-electron chi connectivity index (χ2n) is 4.09. The Morgan fingerprint density at radius 1 is 1.26 bits per heavy atom. The van der Waals surface area contributed by atoms with Crippen molar-refractivity contribution in [2.45, 2.75) is 6.92 Å². The molecule has 96 valence electrons. The molecule has 5 nitrogen and oxygen atoms in total. The lowest BCUT2D eigenvalue weighted by atomic mass is 10.1. The molecular formula is C14H12N2O3. The van der Waals surface area contributed by atoms with Crippen LogP contribution >= 0.6 is 0 Å². The van der Waals surface area contributed by atoms with Crippen LogP contribution < -0.4 is 11.2 Å². The molecule has 1 heterocycles. The van der Waals surface area contributed by atoms with Crippen LogP contribution in [0.25, 0.3) is 6.08 Å². The first-order valence-electron chi connectivity index (χ1n) is 5.67. The van der Waals surface area contributed by atoms with E-state index in [0.717, 1.165) is 5.56 Å². The molecule has 2 N–H and O–H groups in total. The van der Waals surface area contributed by atoms with E-state index in [4.69, 9.17) is 0 Å². The van der Waals surface area contributed by atoms with Crippen molar-refractivity contribution in [3.8, 4) is 0 Å². The lowest BCUT2D eigenvalue weighted by Crippen LogP contribution is -2.22. The fourth-order valence-corrected chi connectivity index (χ4v) is 1.60. The molecule has 1 aromatic heterocycles. The number of nitrogens with one attached hydrogen (secondary N) is 2. The van der Waals surface area contributed by atoms with Gasteiger partial charge >= 0.3 is 5.69 Å². The first-order chi connectivity index (χ1) is 9.06. The molecule has 2 rings (SSSR count). The highest BCUT2D eigenvalue weighted by Crippen LogP contribution is 2.06. The normalized spacial score (nSPS) is 10.8. The van der Waals surface area contributed by atoms with Crippen LogP contribution in [0.2, 0.25) is 0 Å². The minimum absolute atomic E-state index is 0.200. The molecular weight excluding hydrogens is 244 g/mol. The molecule has 0 radical (unpaired) electrons. The Morgan fingerprint density at radius 3 is 2.74 bits per heavy atom. The van der Waals surface area contributed by atoms with Gasteiger partial charge < -0.3 is 4.98 Å². The summed E-state index contributed by atoms with van der Waals surface area (Å²) in [5, 5.41) is 0. The van der Waals surface area contributed by atoms with Crippen molar-refractivity contribution in [3.63, 3.8) is 0 Å². The Balaban J connectivity index is 2.25. The van der Waals surface area contributed by atoms with Crippen LogP contribution in [0.4, 0.5) is 0 Å². The van der Waals surface area contributed by atoms with Gasteiger partial charge in [-0.1, -0.05) is 23.8 Å². The molecule has 0 aliphatic heterocycles. The van der Waals surface area contributed by atoms with Crippen molar-refractivity contribution in [3.05, 3.63) is 74.1 Å². The van der Waals surface area contributed by atoms with Crippen LogP contribution in [-0.2, 0) is 0 Å². The zero-order valence-electron chi connectivity index (χ0n) is 10.3. The smallest absolute Gasteiger partial charge is 0.314 e. The molecule has 0 amide bonds. The molecule has 19 heavy (non-hydrogen) atoms. The van der Waals surface area contributed by atoms with E-state index in [9.17, 15) is 14.4 Å². The number of carbonyl (C=O) groups is 1. The van der Waals surface area contributed by atoms with Gasteiger partial charge in [-0.2, -0.15) is 0 Å². The van der Waals surface area contributed by atoms with Gasteiger partial charge in [0.15, 0.2) is 5.78 Å². The van der Waals surface area contributed by atoms with Crippen LogP contribution in [0.15, 0.2) is 46.1 Å². The first-order valence-corrected chi connectivity index (χ1v) is 5.67. The number of ketones is 1. The van der Waals surface area contributed by atoms with E-state index < -0.39 is 11.2 Å². The quantitative estimate of drug-likeness (QED) is 0.640. The predicted octanol–water partition coefficient (Wildman–Crippen LogP) is 1.27. The number of aromatic amines is 2. The van der Waals surface area contributed by atoms with Gasteiger partial charge in [-0.3, -0.25) is 14.6 Å². The summed E-state index contributed by atoms with van der Waals surface area (Å²) in [5.41, 5.74) is 0.656. The Hall–Kier alpha value is -2.69. The highest BCUT2D eigenvalue weighted by Gasteiger charge is 2.02. The van der Waals surface area contributed by atoms with E-state index in [1.54, 1.807) is 18.2 Å². The largest absolute Gasteiger partial charge is 0.325 e. The summed E-state index contributed by atoms with van der Waals surface area (Å²) in [6.07, 6.45) is 3.94. The summed E-state index contributed by atoms with van der Waals surface area (Å²) < 4.78 is 0. The third-order valence-corrected chi connectivity index (χ3v) is 2.56. The number of aromatic nitrogens is 2. The molecule has 0 saturated heterocycles. The number of carbonyl (C=O) groups excluding carboxylic acids is 1. The van der Waals surface area contributed by atoms with Crippen molar-refractivity contribution in [1.29, 1.82) is 0 Å². The van der Waals surface area contributed by atoms with E-state index in [2.05, 4.69) is 9.97 Å². The summed E-state index contributed by atoms with van der Waals surface area (Å²) in [4.78, 5) is 38.5. The van der Waals surface area contributed by atoms with Crippen molar-refractivity contribution in [1.82, 2.24) is 9.97 Å². The lowest BCUT2D eigenvalue weighted by Gasteiger charge is -1.97. The van der Waals surface area contributed by atoms with Crippen LogP contribution in [-0.4, -0.2) is 15.8 Å². The summed E-state index contributed by atoms with van der Waals surface area (Å²) in [7, 11) is 0. The van der Waals surface area contributed by atoms with Crippen LogP contribution in [0.3, 0.4) is 0 Å². The monoisotopic (exact) mass is 256 g/mol. The van der Waals surface area contributed by atoms with Crippen LogP contribution in [0.1, 0.15) is 21.5 Å². The second-order valence-corrected chi connectivity index (χ2v) is 4.09. The summed E-state index contributed by atoms with van der Waals surface area (Å²) in [6.45, 7) is 1.90. The minimum atomic E-state index is -0.577. The first kappa shape index (κ1) is 12.8. The van der Waals surface area contributed by atoms with Crippen LogP contribution in [0.5, 0.6) is 0 Å². The Kier molecular flexibility index (Phi) is 3.56. The van der Waals surface area contributed by atoms with Gasteiger partial charge in [-0.25, -0.2) is 4.79 Å². The maximum absolute atomic E-state index is 11.9. The van der Waals surface area contributed by atoms with E-state index in [-0.39, 0.29) is 11.3 Å². The number of hydrogen-bond donors (Lipinski definition) is 2. The summed E-state index contributed by atoms with van der Waals surface area (Å²) in [6, 6.07) is 7.16. The van der Waals surface area contributed by atoms with Gasteiger partial charge in [0, 0.05) is 11.8 Å². The fourth-order valence-electron chi connectivity index (χ4n) is 1.60. The van der Waals surface area contributed by atoms with E-state index >= 15 is 0 Å². The SMILES string of the molecule is Cc1cccc(C(=O)/C=C/c2c[nH]c(=O)[nH]c2=O)c1. The number of allylic oxidation sites excluding steroid dienone is 1. The summed E-state index contributed by atoms with van der Waals surface area (Å²) in [5.74, 6) is -0.200. The minimum Gasteiger partial charge on any atom is -0.314 e. The van der Waals surface area contributed by atoms with Gasteiger partial charge in [0.2, 0.25) is 0 Å². The van der Waals surface area contributed by atoms with Crippen LogP contribution in [0, 0.1) is 6.92 Å². The molecule has 2 aromatic rings. The van der Waals surface area contributed by atoms with Gasteiger partial charge in [-0.05, 0) is 25.1 Å². The number of rotatable bonds is 3. The molecule has 0 bridgehead atoms.